The normalized spacial score (nSPS) is 11.2. The fourth-order valence-corrected chi connectivity index (χ4v) is 3.62. The van der Waals surface area contributed by atoms with Crippen molar-refractivity contribution in [3.05, 3.63) is 78.5 Å². The maximum atomic E-state index is 6.03. The Kier molecular flexibility index (Phi) is 4.42. The summed E-state index contributed by atoms with van der Waals surface area (Å²) in [5.41, 5.74) is 4.95. The van der Waals surface area contributed by atoms with E-state index in [4.69, 9.17) is 4.42 Å². The van der Waals surface area contributed by atoms with Crippen molar-refractivity contribution in [2.75, 3.05) is 0 Å². The maximum Gasteiger partial charge on any atom is 0.126 e. The molecule has 0 aliphatic rings. The first-order chi connectivity index (χ1) is 12.2. The van der Waals surface area contributed by atoms with Crippen LogP contribution < -0.4 is 4.57 Å². The summed E-state index contributed by atoms with van der Waals surface area (Å²) >= 11 is 0. The van der Waals surface area contributed by atoms with Crippen molar-refractivity contribution < 1.29 is 41.7 Å². The van der Waals surface area contributed by atoms with Crippen LogP contribution >= 0.6 is 0 Å². The molecule has 26 heavy (non-hydrogen) atoms. The van der Waals surface area contributed by atoms with Gasteiger partial charge in [0.1, 0.15) is 18.8 Å². The van der Waals surface area contributed by atoms with E-state index in [2.05, 4.69) is 67.2 Å². The summed E-state index contributed by atoms with van der Waals surface area (Å²) in [4.78, 5) is 0. The Labute approximate surface area is 177 Å². The molecular formula is C23H16NOY-. The molecule has 3 heteroatoms. The number of para-hydroxylation sites is 1. The molecule has 0 N–H and O–H groups in total. The molecule has 0 fully saturated rings. The van der Waals surface area contributed by atoms with E-state index in [0.717, 1.165) is 33.2 Å². The van der Waals surface area contributed by atoms with Gasteiger partial charge in [0.25, 0.3) is 0 Å². The molecule has 123 valence electrons. The third-order valence-corrected chi connectivity index (χ3v) is 4.82. The Balaban J connectivity index is 0.00000168. The number of pyridine rings is 1. The number of aromatic nitrogens is 1. The Morgan fingerprint density at radius 3 is 2.69 bits per heavy atom. The van der Waals surface area contributed by atoms with E-state index in [9.17, 15) is 0 Å². The predicted molar refractivity (Wildman–Crippen MR) is 100 cm³/mol. The van der Waals surface area contributed by atoms with Gasteiger partial charge in [-0.3, -0.25) is 4.57 Å². The number of furan rings is 1. The number of nitrogens with zero attached hydrogens (tertiary/aromatic N) is 1. The standard InChI is InChI=1S/C23H16NO.Y/c1-15-7-5-8-16-9-6-11-18(23(15)16)20-13-22-19(14-24(20)2)17-10-3-4-12-21(17)25-22;/h3-10,12,14H,1-2H3;/q-1;. The van der Waals surface area contributed by atoms with Crippen LogP contribution in [0.2, 0.25) is 0 Å². The van der Waals surface area contributed by atoms with Crippen molar-refractivity contribution in [2.24, 2.45) is 7.05 Å². The van der Waals surface area contributed by atoms with E-state index in [1.54, 1.807) is 0 Å². The van der Waals surface area contributed by atoms with Crippen LogP contribution in [0.4, 0.5) is 0 Å². The SMILES string of the molecule is Cc1cccc2cc[c-]c(-c3[c-]c4oc5ccccc5c4c[n+]3C)c12.[Y]. The first kappa shape index (κ1) is 17.4. The molecule has 0 aliphatic heterocycles. The van der Waals surface area contributed by atoms with Crippen molar-refractivity contribution in [3.8, 4) is 11.3 Å². The number of aryl methyl sites for hydroxylation is 2. The first-order valence-electron chi connectivity index (χ1n) is 8.36. The second-order valence-corrected chi connectivity index (χ2v) is 6.45. The molecule has 0 amide bonds. The third-order valence-electron chi connectivity index (χ3n) is 4.82. The minimum Gasteiger partial charge on any atom is -0.483 e. The predicted octanol–water partition coefficient (Wildman–Crippen LogP) is 5.14. The molecule has 0 unspecified atom stereocenters. The first-order valence-corrected chi connectivity index (χ1v) is 8.36. The summed E-state index contributed by atoms with van der Waals surface area (Å²) in [7, 11) is 2.05. The van der Waals surface area contributed by atoms with Gasteiger partial charge in [0.15, 0.2) is 0 Å². The van der Waals surface area contributed by atoms with Gasteiger partial charge in [0.05, 0.1) is 0 Å². The van der Waals surface area contributed by atoms with Crippen LogP contribution in [0.5, 0.6) is 0 Å². The quantitative estimate of drug-likeness (QED) is 0.276. The molecule has 0 atom stereocenters. The van der Waals surface area contributed by atoms with Gasteiger partial charge in [-0.15, -0.1) is 22.9 Å². The number of rotatable bonds is 1. The third kappa shape index (κ3) is 2.60. The van der Waals surface area contributed by atoms with Crippen LogP contribution in [-0.4, -0.2) is 0 Å². The fourth-order valence-electron chi connectivity index (χ4n) is 3.62. The molecule has 0 saturated carbocycles. The number of benzene rings is 3. The maximum absolute atomic E-state index is 6.03. The average molecular weight is 411 g/mol. The molecule has 2 aromatic heterocycles. The zero-order chi connectivity index (χ0) is 17.0. The van der Waals surface area contributed by atoms with Crippen LogP contribution in [0.15, 0.2) is 65.2 Å². The van der Waals surface area contributed by atoms with Crippen LogP contribution in [-0.2, 0) is 39.8 Å². The average Bonchev–Trinajstić information content (AvgIpc) is 2.98. The van der Waals surface area contributed by atoms with E-state index in [0.29, 0.717) is 0 Å². The molecule has 2 heterocycles. The second-order valence-electron chi connectivity index (χ2n) is 6.45. The molecule has 0 aliphatic carbocycles. The summed E-state index contributed by atoms with van der Waals surface area (Å²) < 4.78 is 8.14. The molecule has 0 bridgehead atoms. The Hall–Kier alpha value is -2.03. The summed E-state index contributed by atoms with van der Waals surface area (Å²) in [5, 5.41) is 4.63. The summed E-state index contributed by atoms with van der Waals surface area (Å²) in [6, 6.07) is 25.5. The van der Waals surface area contributed by atoms with Crippen LogP contribution in [0, 0.1) is 19.1 Å². The fraction of sp³-hybridized carbons (Fsp3) is 0.0870. The molecule has 0 spiro atoms. The van der Waals surface area contributed by atoms with Crippen LogP contribution in [0.1, 0.15) is 5.56 Å². The van der Waals surface area contributed by atoms with E-state index in [1.165, 1.54) is 16.3 Å². The molecule has 3 aromatic carbocycles. The Morgan fingerprint density at radius 1 is 0.962 bits per heavy atom. The van der Waals surface area contributed by atoms with E-state index < -0.39 is 0 Å². The minimum atomic E-state index is 0. The summed E-state index contributed by atoms with van der Waals surface area (Å²) in [5.74, 6) is 0. The Bertz CT molecular complexity index is 1260. The Morgan fingerprint density at radius 2 is 1.81 bits per heavy atom. The number of hydrogen-bond donors (Lipinski definition) is 0. The van der Waals surface area contributed by atoms with Crippen LogP contribution in [0.25, 0.3) is 44.0 Å². The van der Waals surface area contributed by atoms with Crippen molar-refractivity contribution in [3.63, 3.8) is 0 Å². The van der Waals surface area contributed by atoms with Gasteiger partial charge in [0.2, 0.25) is 0 Å². The van der Waals surface area contributed by atoms with Crippen molar-refractivity contribution in [1.82, 2.24) is 0 Å². The van der Waals surface area contributed by atoms with Crippen molar-refractivity contribution in [2.45, 2.75) is 6.92 Å². The molecule has 2 nitrogen and oxygen atoms in total. The van der Waals surface area contributed by atoms with Gasteiger partial charge in [-0.05, 0) is 23.8 Å². The topological polar surface area (TPSA) is 17.0 Å². The van der Waals surface area contributed by atoms with E-state index in [-0.39, 0.29) is 32.7 Å². The molecule has 1 radical (unpaired) electrons. The van der Waals surface area contributed by atoms with E-state index in [1.807, 2.05) is 24.3 Å². The van der Waals surface area contributed by atoms with Gasteiger partial charge in [-0.2, -0.15) is 11.6 Å². The molecule has 5 aromatic rings. The van der Waals surface area contributed by atoms with Gasteiger partial charge in [-0.25, -0.2) is 6.07 Å². The minimum absolute atomic E-state index is 0. The summed E-state index contributed by atoms with van der Waals surface area (Å²) in [6.07, 6.45) is 2.12. The van der Waals surface area contributed by atoms with Gasteiger partial charge in [0, 0.05) is 44.0 Å². The van der Waals surface area contributed by atoms with Crippen molar-refractivity contribution in [1.29, 1.82) is 0 Å². The molecule has 5 rings (SSSR count). The zero-order valence-corrected chi connectivity index (χ0v) is 17.5. The summed E-state index contributed by atoms with van der Waals surface area (Å²) in [6.45, 7) is 2.14. The number of fused-ring (bicyclic) bond motifs is 4. The smallest absolute Gasteiger partial charge is 0.126 e. The van der Waals surface area contributed by atoms with Gasteiger partial charge >= 0.3 is 0 Å². The van der Waals surface area contributed by atoms with Crippen molar-refractivity contribution >= 4 is 32.7 Å². The molecule has 0 saturated heterocycles. The number of hydrogen-bond acceptors (Lipinski definition) is 1. The largest absolute Gasteiger partial charge is 0.483 e. The van der Waals surface area contributed by atoms with E-state index >= 15 is 0 Å². The monoisotopic (exact) mass is 411 g/mol. The van der Waals surface area contributed by atoms with Gasteiger partial charge < -0.3 is 4.42 Å². The van der Waals surface area contributed by atoms with Crippen LogP contribution in [0.3, 0.4) is 0 Å². The van der Waals surface area contributed by atoms with Gasteiger partial charge in [-0.1, -0.05) is 42.0 Å². The second kappa shape index (κ2) is 6.61. The molecular weight excluding hydrogens is 395 g/mol. The zero-order valence-electron chi connectivity index (χ0n) is 14.7.